The van der Waals surface area contributed by atoms with Crippen molar-refractivity contribution in [3.05, 3.63) is 30.1 Å². The number of phenolic OH excluding ortho intramolecular Hbond substituents is 2. The summed E-state index contributed by atoms with van der Waals surface area (Å²) in [6.45, 7) is 3.06. The van der Waals surface area contributed by atoms with E-state index >= 15 is 4.39 Å². The molecular weight excluding hydrogens is 365 g/mol. The summed E-state index contributed by atoms with van der Waals surface area (Å²) in [4.78, 5) is 6.95. The molecule has 7 nitrogen and oxygen atoms in total. The fraction of sp³-hybridized carbons (Fsp3) is 0.350. The van der Waals surface area contributed by atoms with Crippen molar-refractivity contribution in [2.45, 2.75) is 12.5 Å². The van der Waals surface area contributed by atoms with Crippen molar-refractivity contribution < 1.29 is 24.1 Å². The Labute approximate surface area is 160 Å². The molecule has 0 atom stereocenters. The van der Waals surface area contributed by atoms with E-state index in [0.717, 1.165) is 29.8 Å². The molecule has 2 fully saturated rings. The summed E-state index contributed by atoms with van der Waals surface area (Å²) >= 11 is 0. The summed E-state index contributed by atoms with van der Waals surface area (Å²) in [5, 5.41) is 20.0. The normalized spacial score (nSPS) is 16.9. The molecule has 0 bridgehead atoms. The number of methoxy groups -OCH3 is 1. The van der Waals surface area contributed by atoms with Gasteiger partial charge in [-0.25, -0.2) is 9.37 Å². The van der Waals surface area contributed by atoms with E-state index in [0.29, 0.717) is 19.0 Å². The maximum Gasteiger partial charge on any atom is 0.203 e. The fourth-order valence-electron chi connectivity index (χ4n) is 3.75. The lowest BCUT2D eigenvalue weighted by Crippen LogP contribution is -2.36. The van der Waals surface area contributed by atoms with E-state index in [1.54, 1.807) is 0 Å². The average Bonchev–Trinajstić information content (AvgIpc) is 2.94. The number of rotatable bonds is 4. The van der Waals surface area contributed by atoms with Crippen LogP contribution < -0.4 is 9.64 Å². The van der Waals surface area contributed by atoms with Crippen LogP contribution in [-0.2, 0) is 4.74 Å². The molecule has 146 valence electrons. The number of anilines is 1. The Kier molecular flexibility index (Phi) is 3.83. The first-order valence-electron chi connectivity index (χ1n) is 9.22. The number of halogens is 1. The topological polar surface area (TPSA) is 80.0 Å². The maximum absolute atomic E-state index is 15.1. The van der Waals surface area contributed by atoms with Crippen LogP contribution in [0.2, 0.25) is 0 Å². The van der Waals surface area contributed by atoms with Gasteiger partial charge in [-0.2, -0.15) is 0 Å². The van der Waals surface area contributed by atoms with Crippen LogP contribution in [0.1, 0.15) is 12.5 Å². The zero-order valence-electron chi connectivity index (χ0n) is 15.4. The van der Waals surface area contributed by atoms with Gasteiger partial charge in [0.25, 0.3) is 0 Å². The van der Waals surface area contributed by atoms with E-state index < -0.39 is 23.1 Å². The minimum Gasteiger partial charge on any atom is -0.504 e. The number of nitrogens with zero attached hydrogens (tertiary/aromatic N) is 3. The molecule has 0 spiro atoms. The largest absolute Gasteiger partial charge is 0.504 e. The van der Waals surface area contributed by atoms with Crippen LogP contribution >= 0.6 is 0 Å². The number of ether oxygens (including phenoxy) is 2. The number of aromatic nitrogens is 2. The zero-order chi connectivity index (χ0) is 19.4. The number of hydrogen-bond acceptors (Lipinski definition) is 6. The van der Waals surface area contributed by atoms with Gasteiger partial charge in [-0.1, -0.05) is 0 Å². The number of benzene rings is 2. The molecule has 2 N–H and O–H groups in total. The number of phenols is 2. The molecule has 2 saturated heterocycles. The van der Waals surface area contributed by atoms with Gasteiger partial charge >= 0.3 is 0 Å². The van der Waals surface area contributed by atoms with Gasteiger partial charge in [0.05, 0.1) is 43.0 Å². The third kappa shape index (κ3) is 2.41. The van der Waals surface area contributed by atoms with Crippen LogP contribution in [0.3, 0.4) is 0 Å². The van der Waals surface area contributed by atoms with Gasteiger partial charge < -0.3 is 29.2 Å². The molecule has 28 heavy (non-hydrogen) atoms. The Morgan fingerprint density at radius 1 is 1.21 bits per heavy atom. The van der Waals surface area contributed by atoms with Crippen molar-refractivity contribution in [1.29, 1.82) is 0 Å². The van der Waals surface area contributed by atoms with Crippen LogP contribution in [0.4, 0.5) is 10.1 Å². The first kappa shape index (κ1) is 17.1. The summed E-state index contributed by atoms with van der Waals surface area (Å²) < 4.78 is 27.3. The summed E-state index contributed by atoms with van der Waals surface area (Å²) in [7, 11) is 1.24. The number of fused-ring (bicyclic) bond motifs is 1. The van der Waals surface area contributed by atoms with Crippen molar-refractivity contribution >= 4 is 16.7 Å². The van der Waals surface area contributed by atoms with E-state index in [4.69, 9.17) is 9.47 Å². The van der Waals surface area contributed by atoms with Gasteiger partial charge in [-0.05, 0) is 30.7 Å². The lowest BCUT2D eigenvalue weighted by Gasteiger charge is -2.33. The van der Waals surface area contributed by atoms with E-state index in [-0.39, 0.29) is 11.6 Å². The lowest BCUT2D eigenvalue weighted by molar-refractivity contribution is -0.0209. The highest BCUT2D eigenvalue weighted by Gasteiger charge is 2.30. The molecule has 0 radical (unpaired) electrons. The Morgan fingerprint density at radius 3 is 2.61 bits per heavy atom. The highest BCUT2D eigenvalue weighted by molar-refractivity contribution is 5.85. The van der Waals surface area contributed by atoms with E-state index in [2.05, 4.69) is 9.88 Å². The first-order chi connectivity index (χ1) is 13.6. The van der Waals surface area contributed by atoms with Gasteiger partial charge in [-0.3, -0.25) is 0 Å². The standard InChI is InChI=1S/C20H20FN3O4/c1-27-19-17(21)13(8-16(25)18(19)26)20-22-14-7-11(23-5-2-6-23)3-4-15(14)24(20)12-9-28-10-12/h3-4,7-8,12,25-26H,2,5-6,9-10H2,1H3. The van der Waals surface area contributed by atoms with Crippen LogP contribution in [0.15, 0.2) is 24.3 Å². The Hall–Kier alpha value is -3.00. The fourth-order valence-corrected chi connectivity index (χ4v) is 3.75. The third-order valence-corrected chi connectivity index (χ3v) is 5.50. The molecule has 2 aliphatic rings. The molecular formula is C20H20FN3O4. The molecule has 3 aromatic rings. The molecule has 3 heterocycles. The number of hydrogen-bond donors (Lipinski definition) is 2. The van der Waals surface area contributed by atoms with Crippen molar-refractivity contribution in [2.24, 2.45) is 0 Å². The highest BCUT2D eigenvalue weighted by atomic mass is 19.1. The van der Waals surface area contributed by atoms with Crippen molar-refractivity contribution in [1.82, 2.24) is 9.55 Å². The zero-order valence-corrected chi connectivity index (χ0v) is 15.4. The predicted octanol–water partition coefficient (Wildman–Crippen LogP) is 3.04. The SMILES string of the molecule is COc1c(O)c(O)cc(-c2nc3cc(N4CCC4)ccc3n2C2COC2)c1F. The van der Waals surface area contributed by atoms with Crippen molar-refractivity contribution in [3.8, 4) is 28.6 Å². The Balaban J connectivity index is 1.73. The second kappa shape index (κ2) is 6.27. The molecule has 8 heteroatoms. The van der Waals surface area contributed by atoms with E-state index in [9.17, 15) is 10.2 Å². The molecule has 0 amide bonds. The molecule has 0 aliphatic carbocycles. The second-order valence-corrected chi connectivity index (χ2v) is 7.15. The minimum absolute atomic E-state index is 0.0243. The number of aromatic hydroxyl groups is 2. The Bertz CT molecular complexity index is 1070. The monoisotopic (exact) mass is 385 g/mol. The summed E-state index contributed by atoms with van der Waals surface area (Å²) in [6.07, 6.45) is 1.18. The smallest absolute Gasteiger partial charge is 0.203 e. The maximum atomic E-state index is 15.1. The lowest BCUT2D eigenvalue weighted by atomic mass is 10.1. The third-order valence-electron chi connectivity index (χ3n) is 5.50. The van der Waals surface area contributed by atoms with Gasteiger partial charge in [0.2, 0.25) is 11.5 Å². The first-order valence-corrected chi connectivity index (χ1v) is 9.22. The van der Waals surface area contributed by atoms with Gasteiger partial charge in [0, 0.05) is 18.8 Å². The molecule has 2 aromatic carbocycles. The highest BCUT2D eigenvalue weighted by Crippen LogP contribution is 2.44. The second-order valence-electron chi connectivity index (χ2n) is 7.15. The molecule has 0 unspecified atom stereocenters. The molecule has 1 aromatic heterocycles. The van der Waals surface area contributed by atoms with Crippen LogP contribution in [0.5, 0.6) is 17.2 Å². The molecule has 2 aliphatic heterocycles. The number of imidazole rings is 1. The van der Waals surface area contributed by atoms with Crippen molar-refractivity contribution in [2.75, 3.05) is 38.3 Å². The summed E-state index contributed by atoms with van der Waals surface area (Å²) in [5.74, 6) is -1.89. The van der Waals surface area contributed by atoms with Crippen molar-refractivity contribution in [3.63, 3.8) is 0 Å². The van der Waals surface area contributed by atoms with E-state index in [1.807, 2.05) is 22.8 Å². The molecule has 0 saturated carbocycles. The van der Waals surface area contributed by atoms with Gasteiger partial charge in [0.15, 0.2) is 11.6 Å². The Morgan fingerprint density at radius 2 is 2.00 bits per heavy atom. The van der Waals surface area contributed by atoms with Crippen LogP contribution in [0.25, 0.3) is 22.4 Å². The quantitative estimate of drug-likeness (QED) is 0.672. The van der Waals surface area contributed by atoms with Gasteiger partial charge in [0.1, 0.15) is 5.82 Å². The summed E-state index contributed by atoms with van der Waals surface area (Å²) in [6, 6.07) is 7.25. The predicted molar refractivity (Wildman–Crippen MR) is 102 cm³/mol. The molecule has 5 rings (SSSR count). The average molecular weight is 385 g/mol. The van der Waals surface area contributed by atoms with Crippen LogP contribution in [-0.4, -0.2) is 53.2 Å². The summed E-state index contributed by atoms with van der Waals surface area (Å²) in [5.41, 5.74) is 2.78. The van der Waals surface area contributed by atoms with Gasteiger partial charge in [-0.15, -0.1) is 0 Å². The van der Waals surface area contributed by atoms with Crippen LogP contribution in [0, 0.1) is 5.82 Å². The van der Waals surface area contributed by atoms with E-state index in [1.165, 1.54) is 19.6 Å². The minimum atomic E-state index is -0.766.